The molecule has 1 aromatic carbocycles. The first-order valence-corrected chi connectivity index (χ1v) is 5.90. The Balaban J connectivity index is 2.39. The Kier molecular flexibility index (Phi) is 3.74. The predicted octanol–water partition coefficient (Wildman–Crippen LogP) is 1.87. The Hall–Kier alpha value is -2.76. The molecule has 1 aromatic heterocycles. The molecule has 2 aromatic rings. The van der Waals surface area contributed by atoms with Crippen molar-refractivity contribution in [1.29, 1.82) is 0 Å². The fourth-order valence-electron chi connectivity index (χ4n) is 1.63. The van der Waals surface area contributed by atoms with Crippen LogP contribution in [0.25, 0.3) is 0 Å². The number of aromatic nitrogens is 1. The van der Waals surface area contributed by atoms with E-state index < -0.39 is 5.91 Å². The number of primary amides is 1. The van der Waals surface area contributed by atoms with E-state index in [2.05, 4.69) is 4.98 Å². The number of rotatable bonds is 4. The maximum atomic E-state index is 11.1. The van der Waals surface area contributed by atoms with Gasteiger partial charge in [-0.25, -0.2) is 4.98 Å². The standard InChI is InChI=1S/C14H15N3O3/c1-8-3-6-11(12(7-8)19-2)20-14-9(15)4-5-10(17-14)13(16)18/h3-7H,15H2,1-2H3,(H2,16,18). The minimum Gasteiger partial charge on any atom is -0.493 e. The Labute approximate surface area is 116 Å². The van der Waals surface area contributed by atoms with Gasteiger partial charge in [0.05, 0.1) is 12.8 Å². The average molecular weight is 273 g/mol. The van der Waals surface area contributed by atoms with Crippen LogP contribution in [0.5, 0.6) is 17.4 Å². The first-order valence-electron chi connectivity index (χ1n) is 5.90. The molecule has 0 aliphatic carbocycles. The van der Waals surface area contributed by atoms with E-state index in [1.54, 1.807) is 6.07 Å². The van der Waals surface area contributed by atoms with Crippen molar-refractivity contribution in [2.45, 2.75) is 6.92 Å². The van der Waals surface area contributed by atoms with Crippen molar-refractivity contribution in [3.8, 4) is 17.4 Å². The molecule has 20 heavy (non-hydrogen) atoms. The Morgan fingerprint density at radius 1 is 1.20 bits per heavy atom. The lowest BCUT2D eigenvalue weighted by Gasteiger charge is -2.12. The van der Waals surface area contributed by atoms with Gasteiger partial charge in [0.2, 0.25) is 5.88 Å². The highest BCUT2D eigenvalue weighted by molar-refractivity contribution is 5.91. The van der Waals surface area contributed by atoms with E-state index in [0.717, 1.165) is 5.56 Å². The van der Waals surface area contributed by atoms with Crippen molar-refractivity contribution in [1.82, 2.24) is 4.98 Å². The van der Waals surface area contributed by atoms with Gasteiger partial charge in [-0.15, -0.1) is 0 Å². The molecule has 4 N–H and O–H groups in total. The van der Waals surface area contributed by atoms with Crippen LogP contribution >= 0.6 is 0 Å². The fraction of sp³-hybridized carbons (Fsp3) is 0.143. The molecule has 0 radical (unpaired) electrons. The third kappa shape index (κ3) is 2.80. The first kappa shape index (κ1) is 13.7. The molecule has 0 spiro atoms. The molecule has 2 rings (SSSR count). The van der Waals surface area contributed by atoms with Crippen LogP contribution < -0.4 is 20.9 Å². The van der Waals surface area contributed by atoms with E-state index >= 15 is 0 Å². The SMILES string of the molecule is COc1cc(C)ccc1Oc1nc(C(N)=O)ccc1N. The second-order valence-corrected chi connectivity index (χ2v) is 4.21. The normalized spacial score (nSPS) is 10.1. The molecule has 0 fully saturated rings. The zero-order valence-electron chi connectivity index (χ0n) is 11.2. The Morgan fingerprint density at radius 2 is 1.95 bits per heavy atom. The zero-order valence-corrected chi connectivity index (χ0v) is 11.2. The van der Waals surface area contributed by atoms with Gasteiger partial charge in [0.25, 0.3) is 5.91 Å². The number of nitrogens with two attached hydrogens (primary N) is 2. The summed E-state index contributed by atoms with van der Waals surface area (Å²) in [4.78, 5) is 15.1. The molecule has 0 aliphatic heterocycles. The summed E-state index contributed by atoms with van der Waals surface area (Å²) in [5, 5.41) is 0. The van der Waals surface area contributed by atoms with Crippen LogP contribution in [0.2, 0.25) is 0 Å². The topological polar surface area (TPSA) is 100 Å². The summed E-state index contributed by atoms with van der Waals surface area (Å²) >= 11 is 0. The lowest BCUT2D eigenvalue weighted by molar-refractivity contribution is 0.0995. The maximum absolute atomic E-state index is 11.1. The molecule has 104 valence electrons. The summed E-state index contributed by atoms with van der Waals surface area (Å²) in [5.41, 5.74) is 12.4. The van der Waals surface area contributed by atoms with Gasteiger partial charge in [-0.1, -0.05) is 6.07 Å². The number of methoxy groups -OCH3 is 1. The number of hydrogen-bond acceptors (Lipinski definition) is 5. The Bertz CT molecular complexity index is 656. The van der Waals surface area contributed by atoms with Gasteiger partial charge in [-0.05, 0) is 36.8 Å². The number of carbonyl (C=O) groups excluding carboxylic acids is 1. The maximum Gasteiger partial charge on any atom is 0.267 e. The van der Waals surface area contributed by atoms with Gasteiger partial charge in [-0.2, -0.15) is 0 Å². The quantitative estimate of drug-likeness (QED) is 0.885. The largest absolute Gasteiger partial charge is 0.493 e. The van der Waals surface area contributed by atoms with Crippen molar-refractivity contribution >= 4 is 11.6 Å². The summed E-state index contributed by atoms with van der Waals surface area (Å²) < 4.78 is 10.8. The van der Waals surface area contributed by atoms with Crippen LogP contribution in [-0.4, -0.2) is 18.0 Å². The molecule has 0 bridgehead atoms. The van der Waals surface area contributed by atoms with Crippen molar-refractivity contribution in [2.75, 3.05) is 12.8 Å². The average Bonchev–Trinajstić information content (AvgIpc) is 2.42. The summed E-state index contributed by atoms with van der Waals surface area (Å²) in [7, 11) is 1.54. The molecule has 6 nitrogen and oxygen atoms in total. The van der Waals surface area contributed by atoms with E-state index in [1.807, 2.05) is 19.1 Å². The molecule has 0 unspecified atom stereocenters. The fourth-order valence-corrected chi connectivity index (χ4v) is 1.63. The van der Waals surface area contributed by atoms with E-state index in [1.165, 1.54) is 19.2 Å². The second kappa shape index (κ2) is 5.48. The number of aryl methyl sites for hydroxylation is 1. The number of hydrogen-bond donors (Lipinski definition) is 2. The van der Waals surface area contributed by atoms with E-state index in [4.69, 9.17) is 20.9 Å². The van der Waals surface area contributed by atoms with E-state index in [-0.39, 0.29) is 11.6 Å². The summed E-state index contributed by atoms with van der Waals surface area (Å²) in [6.07, 6.45) is 0. The number of pyridine rings is 1. The number of anilines is 1. The molecule has 0 atom stereocenters. The number of nitrogen functional groups attached to an aromatic ring is 1. The summed E-state index contributed by atoms with van der Waals surface area (Å²) in [6, 6.07) is 8.39. The highest BCUT2D eigenvalue weighted by Gasteiger charge is 2.12. The van der Waals surface area contributed by atoms with E-state index in [9.17, 15) is 4.79 Å². The first-order chi connectivity index (χ1) is 9.51. The van der Waals surface area contributed by atoms with Crippen molar-refractivity contribution in [2.24, 2.45) is 5.73 Å². The number of ether oxygens (including phenoxy) is 2. The highest BCUT2D eigenvalue weighted by Crippen LogP contribution is 2.33. The monoisotopic (exact) mass is 273 g/mol. The minimum atomic E-state index is -0.647. The lowest BCUT2D eigenvalue weighted by Crippen LogP contribution is -2.13. The van der Waals surface area contributed by atoms with Gasteiger partial charge >= 0.3 is 0 Å². The number of amides is 1. The van der Waals surface area contributed by atoms with Crippen LogP contribution in [0.4, 0.5) is 5.69 Å². The number of benzene rings is 1. The molecular formula is C14H15N3O3. The second-order valence-electron chi connectivity index (χ2n) is 4.21. The smallest absolute Gasteiger partial charge is 0.267 e. The molecule has 0 aliphatic rings. The number of carbonyl (C=O) groups is 1. The molecule has 1 heterocycles. The minimum absolute atomic E-state index is 0.0836. The van der Waals surface area contributed by atoms with Gasteiger partial charge in [0, 0.05) is 0 Å². The third-order valence-electron chi connectivity index (χ3n) is 2.67. The predicted molar refractivity (Wildman–Crippen MR) is 75.0 cm³/mol. The Morgan fingerprint density at radius 3 is 2.60 bits per heavy atom. The van der Waals surface area contributed by atoms with Gasteiger partial charge in [-0.3, -0.25) is 4.79 Å². The van der Waals surface area contributed by atoms with Crippen molar-refractivity contribution in [3.05, 3.63) is 41.6 Å². The van der Waals surface area contributed by atoms with E-state index in [0.29, 0.717) is 17.2 Å². The van der Waals surface area contributed by atoms with Crippen LogP contribution in [-0.2, 0) is 0 Å². The zero-order chi connectivity index (χ0) is 14.7. The van der Waals surface area contributed by atoms with Crippen LogP contribution in [0.1, 0.15) is 16.1 Å². The molecular weight excluding hydrogens is 258 g/mol. The van der Waals surface area contributed by atoms with Gasteiger partial charge in [0.15, 0.2) is 11.5 Å². The van der Waals surface area contributed by atoms with Crippen LogP contribution in [0, 0.1) is 6.92 Å². The molecule has 6 heteroatoms. The van der Waals surface area contributed by atoms with Crippen LogP contribution in [0.3, 0.4) is 0 Å². The highest BCUT2D eigenvalue weighted by atomic mass is 16.5. The van der Waals surface area contributed by atoms with Crippen molar-refractivity contribution in [3.63, 3.8) is 0 Å². The summed E-state index contributed by atoms with van der Waals surface area (Å²) in [6.45, 7) is 1.94. The lowest BCUT2D eigenvalue weighted by atomic mass is 10.2. The molecule has 0 saturated heterocycles. The van der Waals surface area contributed by atoms with Crippen LogP contribution in [0.15, 0.2) is 30.3 Å². The molecule has 1 amide bonds. The van der Waals surface area contributed by atoms with Crippen molar-refractivity contribution < 1.29 is 14.3 Å². The molecule has 0 saturated carbocycles. The van der Waals surface area contributed by atoms with Gasteiger partial charge < -0.3 is 20.9 Å². The number of nitrogens with zero attached hydrogens (tertiary/aromatic N) is 1. The summed E-state index contributed by atoms with van der Waals surface area (Å²) in [5.74, 6) is 0.476. The van der Waals surface area contributed by atoms with Gasteiger partial charge in [0.1, 0.15) is 5.69 Å². The third-order valence-corrected chi connectivity index (χ3v) is 2.67.